The van der Waals surface area contributed by atoms with Crippen LogP contribution in [-0.4, -0.2) is 0 Å². The molecule has 0 aliphatic rings. The molecule has 0 unspecified atom stereocenters. The fourth-order valence-electron chi connectivity index (χ4n) is 1.43. The Morgan fingerprint density at radius 1 is 0.929 bits per heavy atom. The van der Waals surface area contributed by atoms with Crippen molar-refractivity contribution in [3.05, 3.63) is 30.5 Å². The minimum absolute atomic E-state index is 1.15. The Bertz CT molecular complexity index is 170. The van der Waals surface area contributed by atoms with Gasteiger partial charge in [0.2, 0.25) is 0 Å². The minimum Gasteiger partial charge on any atom is -0.133 e. The van der Waals surface area contributed by atoms with Crippen LogP contribution in [0.5, 0.6) is 0 Å². The molecule has 0 heterocycles. The molecule has 14 heavy (non-hydrogen) atoms. The fourth-order valence-corrected chi connectivity index (χ4v) is 1.43. The highest BCUT2D eigenvalue weighted by molar-refractivity contribution is 4.79. The van der Waals surface area contributed by atoms with Crippen molar-refractivity contribution < 1.29 is 0 Å². The van der Waals surface area contributed by atoms with Crippen molar-refractivity contribution in [2.45, 2.75) is 58.3 Å². The normalized spacial score (nSPS) is 10.4. The molecule has 0 aromatic heterocycles. The van der Waals surface area contributed by atoms with Gasteiger partial charge in [0.1, 0.15) is 0 Å². The van der Waals surface area contributed by atoms with Crippen LogP contribution < -0.4 is 0 Å². The monoisotopic (exact) mass is 192 g/mol. The van der Waals surface area contributed by atoms with Crippen LogP contribution in [0.15, 0.2) is 30.5 Å². The fraction of sp³-hybridized carbons (Fsp3) is 0.643. The summed E-state index contributed by atoms with van der Waals surface area (Å²) in [7, 11) is 0. The molecule has 0 nitrogen and oxygen atoms in total. The van der Waals surface area contributed by atoms with Crippen molar-refractivity contribution in [2.24, 2.45) is 0 Å². The van der Waals surface area contributed by atoms with Gasteiger partial charge in [-0.3, -0.25) is 0 Å². The molecule has 0 heteroatoms. The third-order valence-electron chi connectivity index (χ3n) is 2.27. The minimum atomic E-state index is 1.15. The summed E-state index contributed by atoms with van der Waals surface area (Å²) in [5, 5.41) is 0. The van der Waals surface area contributed by atoms with E-state index in [1.54, 1.807) is 0 Å². The topological polar surface area (TPSA) is 0 Å². The summed E-state index contributed by atoms with van der Waals surface area (Å²) in [6.07, 6.45) is 17.0. The van der Waals surface area contributed by atoms with E-state index in [0.29, 0.717) is 0 Å². The Morgan fingerprint density at radius 3 is 2.21 bits per heavy atom. The smallest absolute Gasteiger partial charge is 0.0275 e. The molecule has 0 aromatic rings. The molecular formula is C14H24. The summed E-state index contributed by atoms with van der Waals surface area (Å²) >= 11 is 0. The standard InChI is InChI=1S/C14H24/c1-3-5-7-9-11-13-14-12-10-8-6-4-2/h5-6,8H,1,4,7,9-14H2,2H3. The van der Waals surface area contributed by atoms with Gasteiger partial charge in [-0.1, -0.05) is 44.9 Å². The molecule has 0 rings (SSSR count). The van der Waals surface area contributed by atoms with Gasteiger partial charge in [0.15, 0.2) is 0 Å². The molecule has 0 radical (unpaired) electrons. The Labute approximate surface area is 89.4 Å². The van der Waals surface area contributed by atoms with Gasteiger partial charge >= 0.3 is 0 Å². The van der Waals surface area contributed by atoms with E-state index in [4.69, 9.17) is 0 Å². The summed E-state index contributed by atoms with van der Waals surface area (Å²) in [5.41, 5.74) is 2.81. The van der Waals surface area contributed by atoms with E-state index < -0.39 is 0 Å². The van der Waals surface area contributed by atoms with Crippen molar-refractivity contribution in [3.8, 4) is 0 Å². The van der Waals surface area contributed by atoms with Crippen molar-refractivity contribution >= 4 is 0 Å². The quantitative estimate of drug-likeness (QED) is 0.273. The molecule has 0 saturated heterocycles. The van der Waals surface area contributed by atoms with Crippen LogP contribution in [0.25, 0.3) is 0 Å². The molecule has 0 atom stereocenters. The molecule has 0 N–H and O–H groups in total. The van der Waals surface area contributed by atoms with Crippen molar-refractivity contribution in [2.75, 3.05) is 0 Å². The first-order valence-corrected chi connectivity index (χ1v) is 5.91. The van der Waals surface area contributed by atoms with E-state index in [1.807, 2.05) is 6.08 Å². The second-order valence-electron chi connectivity index (χ2n) is 3.63. The maximum absolute atomic E-state index is 3.55. The van der Waals surface area contributed by atoms with E-state index in [-0.39, 0.29) is 0 Å². The number of allylic oxidation sites excluding steroid dienone is 3. The molecule has 0 amide bonds. The Balaban J connectivity index is 2.98. The molecule has 0 aromatic carbocycles. The van der Waals surface area contributed by atoms with Crippen molar-refractivity contribution in [3.63, 3.8) is 0 Å². The van der Waals surface area contributed by atoms with Gasteiger partial charge in [-0.2, -0.15) is 0 Å². The lowest BCUT2D eigenvalue weighted by Gasteiger charge is -1.97. The Hall–Kier alpha value is -0.740. The lowest BCUT2D eigenvalue weighted by molar-refractivity contribution is 0.622. The molecule has 0 bridgehead atoms. The lowest BCUT2D eigenvalue weighted by Crippen LogP contribution is -1.77. The maximum Gasteiger partial charge on any atom is -0.0275 e. The highest BCUT2D eigenvalue weighted by Gasteiger charge is 1.88. The van der Waals surface area contributed by atoms with Crippen LogP contribution in [0.4, 0.5) is 0 Å². The van der Waals surface area contributed by atoms with Crippen LogP contribution in [0, 0.1) is 0 Å². The highest BCUT2D eigenvalue weighted by atomic mass is 13.9. The van der Waals surface area contributed by atoms with Crippen LogP contribution in [0.3, 0.4) is 0 Å². The largest absolute Gasteiger partial charge is 0.133 e. The summed E-state index contributed by atoms with van der Waals surface area (Å²) < 4.78 is 0. The van der Waals surface area contributed by atoms with Gasteiger partial charge in [0.05, 0.1) is 0 Å². The number of rotatable bonds is 9. The van der Waals surface area contributed by atoms with Crippen LogP contribution in [0.2, 0.25) is 0 Å². The summed E-state index contributed by atoms with van der Waals surface area (Å²) in [6.45, 7) is 5.73. The predicted molar refractivity (Wildman–Crippen MR) is 65.5 cm³/mol. The van der Waals surface area contributed by atoms with Gasteiger partial charge in [-0.15, -0.1) is 5.73 Å². The SMILES string of the molecule is C=C=CCCCCCCCC=CCC. The highest BCUT2D eigenvalue weighted by Crippen LogP contribution is 2.07. The molecule has 0 aliphatic heterocycles. The molecule has 80 valence electrons. The molecular weight excluding hydrogens is 168 g/mol. The van der Waals surface area contributed by atoms with Crippen LogP contribution in [0.1, 0.15) is 58.3 Å². The van der Waals surface area contributed by atoms with Gasteiger partial charge in [-0.25, -0.2) is 0 Å². The molecule has 0 aliphatic carbocycles. The average Bonchev–Trinajstić information content (AvgIpc) is 2.21. The zero-order chi connectivity index (χ0) is 10.5. The van der Waals surface area contributed by atoms with E-state index in [9.17, 15) is 0 Å². The molecule has 0 spiro atoms. The van der Waals surface area contributed by atoms with Crippen LogP contribution >= 0.6 is 0 Å². The van der Waals surface area contributed by atoms with E-state index in [0.717, 1.165) is 6.42 Å². The zero-order valence-corrected chi connectivity index (χ0v) is 9.60. The third kappa shape index (κ3) is 11.3. The van der Waals surface area contributed by atoms with Gasteiger partial charge in [-0.05, 0) is 38.2 Å². The summed E-state index contributed by atoms with van der Waals surface area (Å²) in [5.74, 6) is 0. The number of unbranched alkanes of at least 4 members (excludes halogenated alkanes) is 6. The van der Waals surface area contributed by atoms with Crippen molar-refractivity contribution in [1.29, 1.82) is 0 Å². The maximum atomic E-state index is 3.55. The first-order valence-electron chi connectivity index (χ1n) is 5.91. The second-order valence-corrected chi connectivity index (χ2v) is 3.63. The Morgan fingerprint density at radius 2 is 1.57 bits per heavy atom. The van der Waals surface area contributed by atoms with E-state index >= 15 is 0 Å². The number of hydrogen-bond donors (Lipinski definition) is 0. The van der Waals surface area contributed by atoms with E-state index in [2.05, 4.69) is 31.4 Å². The molecule has 0 fully saturated rings. The second kappa shape index (κ2) is 12.3. The third-order valence-corrected chi connectivity index (χ3v) is 2.27. The Kier molecular flexibility index (Phi) is 11.6. The van der Waals surface area contributed by atoms with E-state index in [1.165, 1.54) is 44.9 Å². The number of hydrogen-bond acceptors (Lipinski definition) is 0. The van der Waals surface area contributed by atoms with Gasteiger partial charge < -0.3 is 0 Å². The first-order chi connectivity index (χ1) is 6.91. The summed E-state index contributed by atoms with van der Waals surface area (Å²) in [4.78, 5) is 0. The van der Waals surface area contributed by atoms with Crippen LogP contribution in [-0.2, 0) is 0 Å². The lowest BCUT2D eigenvalue weighted by atomic mass is 10.1. The van der Waals surface area contributed by atoms with Crippen molar-refractivity contribution in [1.82, 2.24) is 0 Å². The summed E-state index contributed by atoms with van der Waals surface area (Å²) in [6, 6.07) is 0. The predicted octanol–water partition coefficient (Wildman–Crippen LogP) is 5.02. The molecule has 0 saturated carbocycles. The van der Waals surface area contributed by atoms with Gasteiger partial charge in [0, 0.05) is 0 Å². The average molecular weight is 192 g/mol. The zero-order valence-electron chi connectivity index (χ0n) is 9.60. The first kappa shape index (κ1) is 13.3. The van der Waals surface area contributed by atoms with Gasteiger partial charge in [0.25, 0.3) is 0 Å².